The summed E-state index contributed by atoms with van der Waals surface area (Å²) in [5.41, 5.74) is 0. The normalized spacial score (nSPS) is 17.5. The molecule has 1 aliphatic rings. The van der Waals surface area contributed by atoms with Crippen LogP contribution >= 0.6 is 11.6 Å². The summed E-state index contributed by atoms with van der Waals surface area (Å²) in [6.45, 7) is 2.95. The molecule has 0 amide bonds. The number of hydrogen-bond donors (Lipinski definition) is 1. The number of nitrogens with zero attached hydrogens (tertiary/aromatic N) is 1. The van der Waals surface area contributed by atoms with Gasteiger partial charge in [0.1, 0.15) is 0 Å². The molecule has 2 rings (SSSR count). The van der Waals surface area contributed by atoms with Crippen LogP contribution in [0.15, 0.2) is 12.3 Å². The molecule has 1 aromatic rings. The van der Waals surface area contributed by atoms with Crippen molar-refractivity contribution in [3.8, 4) is 0 Å². The lowest BCUT2D eigenvalue weighted by Crippen LogP contribution is -2.14. The number of halogens is 2. The molecule has 0 radical (unpaired) electrons. The summed E-state index contributed by atoms with van der Waals surface area (Å²) in [6.07, 6.45) is 4.06. The molecule has 1 unspecified atom stereocenters. The van der Waals surface area contributed by atoms with Gasteiger partial charge in [-0.25, -0.2) is 9.37 Å². The Labute approximate surface area is 93.9 Å². The van der Waals surface area contributed by atoms with Gasteiger partial charge in [-0.15, -0.1) is 0 Å². The Hall–Kier alpha value is -0.830. The van der Waals surface area contributed by atoms with Gasteiger partial charge in [0.25, 0.3) is 0 Å². The quantitative estimate of drug-likeness (QED) is 0.855. The SMILES string of the molecule is CC(CNc1ncc(Cl)cc1F)C1CC1. The van der Waals surface area contributed by atoms with E-state index in [9.17, 15) is 4.39 Å². The highest BCUT2D eigenvalue weighted by Crippen LogP contribution is 2.36. The fourth-order valence-electron chi connectivity index (χ4n) is 1.63. The Morgan fingerprint density at radius 2 is 2.40 bits per heavy atom. The summed E-state index contributed by atoms with van der Waals surface area (Å²) in [4.78, 5) is 3.91. The van der Waals surface area contributed by atoms with E-state index >= 15 is 0 Å². The molecule has 82 valence electrons. The first-order chi connectivity index (χ1) is 7.16. The van der Waals surface area contributed by atoms with Gasteiger partial charge < -0.3 is 5.32 Å². The summed E-state index contributed by atoms with van der Waals surface area (Å²) >= 11 is 5.61. The third kappa shape index (κ3) is 2.81. The predicted octanol–water partition coefficient (Wildman–Crippen LogP) is 3.33. The molecule has 1 N–H and O–H groups in total. The first-order valence-electron chi connectivity index (χ1n) is 5.21. The number of rotatable bonds is 4. The Kier molecular flexibility index (Phi) is 3.10. The van der Waals surface area contributed by atoms with E-state index in [4.69, 9.17) is 11.6 Å². The van der Waals surface area contributed by atoms with E-state index in [1.807, 2.05) is 0 Å². The van der Waals surface area contributed by atoms with Crippen molar-refractivity contribution in [2.24, 2.45) is 11.8 Å². The third-order valence-corrected chi connectivity index (χ3v) is 3.03. The minimum absolute atomic E-state index is 0.298. The van der Waals surface area contributed by atoms with Crippen molar-refractivity contribution in [2.75, 3.05) is 11.9 Å². The van der Waals surface area contributed by atoms with Crippen LogP contribution in [-0.2, 0) is 0 Å². The monoisotopic (exact) mass is 228 g/mol. The lowest BCUT2D eigenvalue weighted by atomic mass is 10.1. The van der Waals surface area contributed by atoms with Crippen LogP contribution in [-0.4, -0.2) is 11.5 Å². The summed E-state index contributed by atoms with van der Waals surface area (Å²) in [7, 11) is 0. The Balaban J connectivity index is 1.92. The van der Waals surface area contributed by atoms with Crippen molar-refractivity contribution < 1.29 is 4.39 Å². The van der Waals surface area contributed by atoms with E-state index in [1.165, 1.54) is 25.1 Å². The average Bonchev–Trinajstić information content (AvgIpc) is 2.99. The van der Waals surface area contributed by atoms with Crippen molar-refractivity contribution in [3.05, 3.63) is 23.1 Å². The van der Waals surface area contributed by atoms with Crippen LogP contribution in [0, 0.1) is 17.7 Å². The van der Waals surface area contributed by atoms with Gasteiger partial charge in [0.05, 0.1) is 5.02 Å². The van der Waals surface area contributed by atoms with Crippen molar-refractivity contribution in [1.82, 2.24) is 4.98 Å². The first kappa shape index (κ1) is 10.7. The molecule has 0 aliphatic heterocycles. The van der Waals surface area contributed by atoms with Gasteiger partial charge in [0, 0.05) is 12.7 Å². The molecular formula is C11H14ClFN2. The molecule has 0 spiro atoms. The smallest absolute Gasteiger partial charge is 0.166 e. The molecule has 4 heteroatoms. The zero-order valence-electron chi connectivity index (χ0n) is 8.63. The van der Waals surface area contributed by atoms with Gasteiger partial charge in [-0.3, -0.25) is 0 Å². The maximum Gasteiger partial charge on any atom is 0.166 e. The second-order valence-corrected chi connectivity index (χ2v) is 4.62. The predicted molar refractivity (Wildman–Crippen MR) is 59.6 cm³/mol. The molecule has 0 bridgehead atoms. The van der Waals surface area contributed by atoms with Crippen LogP contribution in [0.1, 0.15) is 19.8 Å². The highest BCUT2D eigenvalue weighted by atomic mass is 35.5. The number of nitrogens with one attached hydrogen (secondary N) is 1. The van der Waals surface area contributed by atoms with E-state index in [0.717, 1.165) is 12.5 Å². The van der Waals surface area contributed by atoms with E-state index in [2.05, 4.69) is 17.2 Å². The lowest BCUT2D eigenvalue weighted by Gasteiger charge is -2.12. The van der Waals surface area contributed by atoms with Crippen molar-refractivity contribution in [3.63, 3.8) is 0 Å². The van der Waals surface area contributed by atoms with E-state index in [-0.39, 0.29) is 5.82 Å². The maximum atomic E-state index is 13.3. The number of aromatic nitrogens is 1. The lowest BCUT2D eigenvalue weighted by molar-refractivity contribution is 0.532. The number of pyridine rings is 1. The van der Waals surface area contributed by atoms with Crippen molar-refractivity contribution in [1.29, 1.82) is 0 Å². The van der Waals surface area contributed by atoms with Gasteiger partial charge in [0.2, 0.25) is 0 Å². The molecule has 15 heavy (non-hydrogen) atoms. The topological polar surface area (TPSA) is 24.9 Å². The summed E-state index contributed by atoms with van der Waals surface area (Å²) in [6, 6.07) is 1.28. The van der Waals surface area contributed by atoms with Crippen LogP contribution in [0.3, 0.4) is 0 Å². The summed E-state index contributed by atoms with van der Waals surface area (Å²) < 4.78 is 13.3. The van der Waals surface area contributed by atoms with Gasteiger partial charge in [-0.1, -0.05) is 18.5 Å². The van der Waals surface area contributed by atoms with Gasteiger partial charge in [-0.05, 0) is 30.7 Å². The molecule has 1 aromatic heterocycles. The second kappa shape index (κ2) is 4.35. The van der Waals surface area contributed by atoms with Crippen LogP contribution in [0.25, 0.3) is 0 Å². The van der Waals surface area contributed by atoms with E-state index in [0.29, 0.717) is 16.8 Å². The Morgan fingerprint density at radius 1 is 1.67 bits per heavy atom. The number of hydrogen-bond acceptors (Lipinski definition) is 2. The standard InChI is InChI=1S/C11H14ClFN2/c1-7(8-2-3-8)5-14-11-10(13)4-9(12)6-15-11/h4,6-8H,2-3,5H2,1H3,(H,14,15). The zero-order chi connectivity index (χ0) is 10.8. The fourth-order valence-corrected chi connectivity index (χ4v) is 1.78. The zero-order valence-corrected chi connectivity index (χ0v) is 9.39. The highest BCUT2D eigenvalue weighted by Gasteiger charge is 2.27. The summed E-state index contributed by atoms with van der Waals surface area (Å²) in [5, 5.41) is 3.34. The molecule has 0 saturated heterocycles. The molecule has 0 aromatic carbocycles. The van der Waals surface area contributed by atoms with Crippen LogP contribution in [0.5, 0.6) is 0 Å². The minimum Gasteiger partial charge on any atom is -0.367 e. The third-order valence-electron chi connectivity index (χ3n) is 2.83. The maximum absolute atomic E-state index is 13.3. The Morgan fingerprint density at radius 3 is 3.00 bits per heavy atom. The summed E-state index contributed by atoms with van der Waals surface area (Å²) in [5.74, 6) is 1.31. The van der Waals surface area contributed by atoms with Crippen LogP contribution in [0.4, 0.5) is 10.2 Å². The van der Waals surface area contributed by atoms with Crippen LogP contribution in [0.2, 0.25) is 5.02 Å². The van der Waals surface area contributed by atoms with Crippen molar-refractivity contribution >= 4 is 17.4 Å². The largest absolute Gasteiger partial charge is 0.367 e. The first-order valence-corrected chi connectivity index (χ1v) is 5.59. The molecule has 1 heterocycles. The highest BCUT2D eigenvalue weighted by molar-refractivity contribution is 6.30. The average molecular weight is 229 g/mol. The van der Waals surface area contributed by atoms with Crippen LogP contribution < -0.4 is 5.32 Å². The second-order valence-electron chi connectivity index (χ2n) is 4.18. The fraction of sp³-hybridized carbons (Fsp3) is 0.545. The number of anilines is 1. The van der Waals surface area contributed by atoms with Gasteiger partial charge in [0.15, 0.2) is 11.6 Å². The minimum atomic E-state index is -0.384. The molecule has 1 saturated carbocycles. The van der Waals surface area contributed by atoms with Crippen molar-refractivity contribution in [2.45, 2.75) is 19.8 Å². The van der Waals surface area contributed by atoms with E-state index in [1.54, 1.807) is 0 Å². The molecular weight excluding hydrogens is 215 g/mol. The molecule has 1 fully saturated rings. The van der Waals surface area contributed by atoms with E-state index < -0.39 is 0 Å². The molecule has 1 atom stereocenters. The molecule has 2 nitrogen and oxygen atoms in total. The Bertz CT molecular complexity index is 352. The van der Waals surface area contributed by atoms with Gasteiger partial charge in [-0.2, -0.15) is 0 Å². The van der Waals surface area contributed by atoms with Gasteiger partial charge >= 0.3 is 0 Å². The molecule has 1 aliphatic carbocycles.